The van der Waals surface area contributed by atoms with Gasteiger partial charge < -0.3 is 10.3 Å². The molecule has 4 heteroatoms. The highest BCUT2D eigenvalue weighted by Gasteiger charge is 2.12. The number of rotatable bonds is 2. The van der Waals surface area contributed by atoms with Gasteiger partial charge in [0.05, 0.1) is 11.0 Å². The lowest BCUT2D eigenvalue weighted by Crippen LogP contribution is -1.97. The highest BCUT2D eigenvalue weighted by Crippen LogP contribution is 2.28. The van der Waals surface area contributed by atoms with Crippen LogP contribution in [-0.4, -0.2) is 9.55 Å². The SMILES string of the molecule is Cc1ccc(-c2nc3c(CN)cccc3n2C)cc1Br. The van der Waals surface area contributed by atoms with Crippen molar-refractivity contribution in [1.29, 1.82) is 0 Å². The summed E-state index contributed by atoms with van der Waals surface area (Å²) in [4.78, 5) is 4.79. The molecule has 0 bridgehead atoms. The fourth-order valence-electron chi connectivity index (χ4n) is 2.43. The molecule has 2 N–H and O–H groups in total. The number of hydrogen-bond acceptors (Lipinski definition) is 2. The van der Waals surface area contributed by atoms with Crippen molar-refractivity contribution in [2.24, 2.45) is 12.8 Å². The van der Waals surface area contributed by atoms with Gasteiger partial charge >= 0.3 is 0 Å². The van der Waals surface area contributed by atoms with Crippen molar-refractivity contribution in [3.8, 4) is 11.4 Å². The average Bonchev–Trinajstić information content (AvgIpc) is 2.79. The molecular formula is C16H16BrN3. The van der Waals surface area contributed by atoms with E-state index in [1.165, 1.54) is 5.56 Å². The summed E-state index contributed by atoms with van der Waals surface area (Å²) in [7, 11) is 2.04. The van der Waals surface area contributed by atoms with Gasteiger partial charge in [0.25, 0.3) is 0 Å². The van der Waals surface area contributed by atoms with Crippen molar-refractivity contribution >= 4 is 27.0 Å². The first-order valence-corrected chi connectivity index (χ1v) is 7.32. The van der Waals surface area contributed by atoms with E-state index in [2.05, 4.69) is 51.7 Å². The first-order chi connectivity index (χ1) is 9.61. The fraction of sp³-hybridized carbons (Fsp3) is 0.188. The molecule has 1 heterocycles. The van der Waals surface area contributed by atoms with Crippen LogP contribution in [0.5, 0.6) is 0 Å². The van der Waals surface area contributed by atoms with E-state index >= 15 is 0 Å². The number of fused-ring (bicyclic) bond motifs is 1. The normalized spacial score (nSPS) is 11.2. The Hall–Kier alpha value is -1.65. The van der Waals surface area contributed by atoms with Crippen LogP contribution in [0, 0.1) is 6.92 Å². The third kappa shape index (κ3) is 2.05. The summed E-state index contributed by atoms with van der Waals surface area (Å²) < 4.78 is 3.21. The van der Waals surface area contributed by atoms with Crippen LogP contribution in [0.4, 0.5) is 0 Å². The molecule has 0 saturated carbocycles. The zero-order valence-electron chi connectivity index (χ0n) is 11.5. The fourth-order valence-corrected chi connectivity index (χ4v) is 2.81. The number of hydrogen-bond donors (Lipinski definition) is 1. The third-order valence-electron chi connectivity index (χ3n) is 3.64. The summed E-state index contributed by atoms with van der Waals surface area (Å²) in [6, 6.07) is 12.4. The van der Waals surface area contributed by atoms with Gasteiger partial charge in [-0.2, -0.15) is 0 Å². The topological polar surface area (TPSA) is 43.8 Å². The van der Waals surface area contributed by atoms with Crippen LogP contribution in [0.15, 0.2) is 40.9 Å². The Labute approximate surface area is 126 Å². The number of para-hydroxylation sites is 1. The minimum absolute atomic E-state index is 0.505. The van der Waals surface area contributed by atoms with Crippen molar-refractivity contribution in [2.75, 3.05) is 0 Å². The van der Waals surface area contributed by atoms with Crippen molar-refractivity contribution in [3.63, 3.8) is 0 Å². The summed E-state index contributed by atoms with van der Waals surface area (Å²) in [5.41, 5.74) is 11.3. The number of imidazole rings is 1. The van der Waals surface area contributed by atoms with Crippen LogP contribution >= 0.6 is 15.9 Å². The summed E-state index contributed by atoms with van der Waals surface area (Å²) in [5.74, 6) is 0.960. The second kappa shape index (κ2) is 5.04. The van der Waals surface area contributed by atoms with Gasteiger partial charge in [-0.25, -0.2) is 4.98 Å². The lowest BCUT2D eigenvalue weighted by atomic mass is 10.1. The van der Waals surface area contributed by atoms with Crippen LogP contribution in [0.1, 0.15) is 11.1 Å². The maximum atomic E-state index is 5.80. The predicted octanol–water partition coefficient (Wildman–Crippen LogP) is 3.77. The van der Waals surface area contributed by atoms with Crippen LogP contribution in [-0.2, 0) is 13.6 Å². The number of halogens is 1. The van der Waals surface area contributed by atoms with Gasteiger partial charge in [-0.3, -0.25) is 0 Å². The van der Waals surface area contributed by atoms with Crippen LogP contribution in [0.2, 0.25) is 0 Å². The Kier molecular flexibility index (Phi) is 3.36. The van der Waals surface area contributed by atoms with E-state index in [0.717, 1.165) is 32.5 Å². The van der Waals surface area contributed by atoms with Crippen molar-refractivity contribution in [1.82, 2.24) is 9.55 Å². The van der Waals surface area contributed by atoms with Crippen LogP contribution in [0.3, 0.4) is 0 Å². The summed E-state index contributed by atoms with van der Waals surface area (Å²) >= 11 is 3.58. The lowest BCUT2D eigenvalue weighted by molar-refractivity contribution is 0.959. The molecular weight excluding hydrogens is 314 g/mol. The maximum Gasteiger partial charge on any atom is 0.140 e. The highest BCUT2D eigenvalue weighted by molar-refractivity contribution is 9.10. The molecule has 0 unspecified atom stereocenters. The summed E-state index contributed by atoms with van der Waals surface area (Å²) in [5, 5.41) is 0. The number of aryl methyl sites for hydroxylation is 2. The standard InChI is InChI=1S/C16H16BrN3/c1-10-6-7-11(8-13(10)17)16-19-15-12(9-18)4-3-5-14(15)20(16)2/h3-8H,9,18H2,1-2H3. The molecule has 0 aliphatic rings. The molecule has 0 radical (unpaired) electrons. The number of aromatic nitrogens is 2. The molecule has 3 nitrogen and oxygen atoms in total. The van der Waals surface area contributed by atoms with Gasteiger partial charge in [0, 0.05) is 23.6 Å². The molecule has 0 saturated heterocycles. The van der Waals surface area contributed by atoms with Crippen LogP contribution < -0.4 is 5.73 Å². The monoisotopic (exact) mass is 329 g/mol. The minimum Gasteiger partial charge on any atom is -0.327 e. The molecule has 0 aliphatic heterocycles. The maximum absolute atomic E-state index is 5.80. The molecule has 3 rings (SSSR count). The quantitative estimate of drug-likeness (QED) is 0.777. The van der Waals surface area contributed by atoms with E-state index in [1.807, 2.05) is 19.2 Å². The van der Waals surface area contributed by atoms with Crippen molar-refractivity contribution in [2.45, 2.75) is 13.5 Å². The second-order valence-corrected chi connectivity index (χ2v) is 5.80. The zero-order valence-corrected chi connectivity index (χ0v) is 13.1. The minimum atomic E-state index is 0.505. The van der Waals surface area contributed by atoms with E-state index in [0.29, 0.717) is 6.54 Å². The van der Waals surface area contributed by atoms with Crippen LogP contribution in [0.25, 0.3) is 22.4 Å². The number of nitrogens with zero attached hydrogens (tertiary/aromatic N) is 2. The molecule has 20 heavy (non-hydrogen) atoms. The van der Waals surface area contributed by atoms with E-state index < -0.39 is 0 Å². The molecule has 0 atom stereocenters. The molecule has 1 aromatic heterocycles. The Morgan fingerprint density at radius 2 is 2.05 bits per heavy atom. The van der Waals surface area contributed by atoms with Gasteiger partial charge in [-0.1, -0.05) is 40.2 Å². The number of nitrogens with two attached hydrogens (primary N) is 1. The second-order valence-electron chi connectivity index (χ2n) is 4.95. The smallest absolute Gasteiger partial charge is 0.140 e. The molecule has 2 aromatic carbocycles. The lowest BCUT2D eigenvalue weighted by Gasteiger charge is -2.04. The van der Waals surface area contributed by atoms with E-state index in [-0.39, 0.29) is 0 Å². The van der Waals surface area contributed by atoms with E-state index in [1.54, 1.807) is 0 Å². The van der Waals surface area contributed by atoms with E-state index in [9.17, 15) is 0 Å². The van der Waals surface area contributed by atoms with Gasteiger partial charge in [-0.05, 0) is 30.2 Å². The third-order valence-corrected chi connectivity index (χ3v) is 4.50. The molecule has 0 spiro atoms. The van der Waals surface area contributed by atoms with Crippen molar-refractivity contribution < 1.29 is 0 Å². The highest BCUT2D eigenvalue weighted by atomic mass is 79.9. The largest absolute Gasteiger partial charge is 0.327 e. The first-order valence-electron chi connectivity index (χ1n) is 6.52. The Balaban J connectivity index is 2.26. The van der Waals surface area contributed by atoms with Gasteiger partial charge in [0.2, 0.25) is 0 Å². The summed E-state index contributed by atoms with van der Waals surface area (Å²) in [6.07, 6.45) is 0. The van der Waals surface area contributed by atoms with Gasteiger partial charge in [0.1, 0.15) is 5.82 Å². The molecule has 3 aromatic rings. The molecule has 0 fully saturated rings. The Morgan fingerprint density at radius 3 is 2.75 bits per heavy atom. The van der Waals surface area contributed by atoms with Gasteiger partial charge in [0.15, 0.2) is 0 Å². The average molecular weight is 330 g/mol. The predicted molar refractivity (Wildman–Crippen MR) is 86.5 cm³/mol. The molecule has 102 valence electrons. The molecule has 0 aliphatic carbocycles. The van der Waals surface area contributed by atoms with Crippen molar-refractivity contribution in [3.05, 3.63) is 52.0 Å². The first kappa shape index (κ1) is 13.3. The zero-order chi connectivity index (χ0) is 14.3. The molecule has 0 amide bonds. The Morgan fingerprint density at radius 1 is 1.25 bits per heavy atom. The number of benzene rings is 2. The Bertz CT molecular complexity index is 790. The summed E-state index contributed by atoms with van der Waals surface area (Å²) in [6.45, 7) is 2.58. The van der Waals surface area contributed by atoms with E-state index in [4.69, 9.17) is 10.7 Å². The van der Waals surface area contributed by atoms with Gasteiger partial charge in [-0.15, -0.1) is 0 Å².